The minimum absolute atomic E-state index is 0.0798. The Balaban J connectivity index is 1.54. The molecular formula is C23H32FN3O2. The standard InChI is InChI=1S/C23H32FN3O2/c1-4-27(23(28)22-14-21(17(2)3)25-29-22)16-19-8-6-11-26(15-19)12-10-18-7-5-9-20(24)13-18/h5,7,9,13-14,17,19H,4,6,8,10-12,15-16H2,1-3H3/t19-/m0/s1. The van der Waals surface area contributed by atoms with Crippen LogP contribution in [0.15, 0.2) is 34.9 Å². The van der Waals surface area contributed by atoms with E-state index in [1.54, 1.807) is 18.2 Å². The van der Waals surface area contributed by atoms with Crippen LogP contribution in [0.2, 0.25) is 0 Å². The van der Waals surface area contributed by atoms with Crippen LogP contribution in [-0.4, -0.2) is 53.6 Å². The van der Waals surface area contributed by atoms with Gasteiger partial charge in [-0.15, -0.1) is 0 Å². The first-order valence-corrected chi connectivity index (χ1v) is 10.7. The van der Waals surface area contributed by atoms with Gasteiger partial charge in [0.1, 0.15) is 5.82 Å². The molecular weight excluding hydrogens is 369 g/mol. The van der Waals surface area contributed by atoms with E-state index in [4.69, 9.17) is 4.52 Å². The predicted molar refractivity (Wildman–Crippen MR) is 111 cm³/mol. The number of aromatic nitrogens is 1. The summed E-state index contributed by atoms with van der Waals surface area (Å²) in [5, 5.41) is 4.01. The number of amides is 1. The van der Waals surface area contributed by atoms with E-state index in [1.807, 2.05) is 31.7 Å². The van der Waals surface area contributed by atoms with Gasteiger partial charge in [0, 0.05) is 32.2 Å². The van der Waals surface area contributed by atoms with Crippen molar-refractivity contribution in [3.63, 3.8) is 0 Å². The minimum Gasteiger partial charge on any atom is -0.351 e. The molecule has 0 saturated carbocycles. The maximum atomic E-state index is 13.4. The molecule has 1 aromatic carbocycles. The van der Waals surface area contributed by atoms with E-state index >= 15 is 0 Å². The fourth-order valence-corrected chi connectivity index (χ4v) is 3.97. The SMILES string of the molecule is CCN(C[C@H]1CCCN(CCc2cccc(F)c2)C1)C(=O)c1cc(C(C)C)no1. The third-order valence-electron chi connectivity index (χ3n) is 5.69. The van der Waals surface area contributed by atoms with Gasteiger partial charge in [-0.2, -0.15) is 0 Å². The summed E-state index contributed by atoms with van der Waals surface area (Å²) in [5.41, 5.74) is 1.84. The summed E-state index contributed by atoms with van der Waals surface area (Å²) < 4.78 is 18.7. The van der Waals surface area contributed by atoms with Crippen LogP contribution >= 0.6 is 0 Å². The summed E-state index contributed by atoms with van der Waals surface area (Å²) in [6, 6.07) is 8.60. The molecule has 5 nitrogen and oxygen atoms in total. The highest BCUT2D eigenvalue weighted by molar-refractivity contribution is 5.91. The third-order valence-corrected chi connectivity index (χ3v) is 5.69. The zero-order valence-corrected chi connectivity index (χ0v) is 17.7. The molecule has 2 heterocycles. The molecule has 1 aromatic heterocycles. The second-order valence-electron chi connectivity index (χ2n) is 8.30. The molecule has 1 saturated heterocycles. The van der Waals surface area contributed by atoms with Crippen LogP contribution < -0.4 is 0 Å². The maximum Gasteiger partial charge on any atom is 0.292 e. The van der Waals surface area contributed by atoms with Crippen LogP contribution in [0.5, 0.6) is 0 Å². The molecule has 2 aromatic rings. The van der Waals surface area contributed by atoms with Crippen LogP contribution in [0.25, 0.3) is 0 Å². The van der Waals surface area contributed by atoms with Crippen molar-refractivity contribution in [3.05, 3.63) is 53.2 Å². The zero-order valence-electron chi connectivity index (χ0n) is 17.7. The van der Waals surface area contributed by atoms with E-state index in [0.717, 1.165) is 56.7 Å². The Morgan fingerprint density at radius 2 is 2.21 bits per heavy atom. The van der Waals surface area contributed by atoms with Gasteiger partial charge in [-0.1, -0.05) is 31.1 Å². The molecule has 0 spiro atoms. The van der Waals surface area contributed by atoms with Gasteiger partial charge < -0.3 is 14.3 Å². The fraction of sp³-hybridized carbons (Fsp3) is 0.565. The largest absolute Gasteiger partial charge is 0.351 e. The lowest BCUT2D eigenvalue weighted by Crippen LogP contribution is -2.43. The normalized spacial score (nSPS) is 17.6. The van der Waals surface area contributed by atoms with E-state index in [0.29, 0.717) is 18.2 Å². The number of carbonyl (C=O) groups excluding carboxylic acids is 1. The summed E-state index contributed by atoms with van der Waals surface area (Å²) in [6.07, 6.45) is 3.09. The van der Waals surface area contributed by atoms with Gasteiger partial charge in [0.2, 0.25) is 5.76 Å². The fourth-order valence-electron chi connectivity index (χ4n) is 3.97. The van der Waals surface area contributed by atoms with Crippen LogP contribution in [0, 0.1) is 11.7 Å². The maximum absolute atomic E-state index is 13.4. The summed E-state index contributed by atoms with van der Waals surface area (Å²) in [6.45, 7) is 10.4. The minimum atomic E-state index is -0.177. The third kappa shape index (κ3) is 5.89. The summed E-state index contributed by atoms with van der Waals surface area (Å²) >= 11 is 0. The van der Waals surface area contributed by atoms with Crippen molar-refractivity contribution in [2.24, 2.45) is 5.92 Å². The first-order chi connectivity index (χ1) is 14.0. The van der Waals surface area contributed by atoms with Crippen molar-refractivity contribution in [2.75, 3.05) is 32.7 Å². The van der Waals surface area contributed by atoms with Crippen LogP contribution in [-0.2, 0) is 6.42 Å². The number of rotatable bonds is 8. The summed E-state index contributed by atoms with van der Waals surface area (Å²) in [4.78, 5) is 17.2. The van der Waals surface area contributed by atoms with E-state index in [2.05, 4.69) is 10.1 Å². The number of benzene rings is 1. The van der Waals surface area contributed by atoms with Gasteiger partial charge in [-0.3, -0.25) is 4.79 Å². The Morgan fingerprint density at radius 1 is 1.38 bits per heavy atom. The van der Waals surface area contributed by atoms with Crippen molar-refractivity contribution >= 4 is 5.91 Å². The molecule has 3 rings (SSSR count). The van der Waals surface area contributed by atoms with Gasteiger partial charge in [-0.25, -0.2) is 4.39 Å². The van der Waals surface area contributed by atoms with Gasteiger partial charge in [-0.05, 0) is 62.3 Å². The topological polar surface area (TPSA) is 49.6 Å². The highest BCUT2D eigenvalue weighted by Gasteiger charge is 2.26. The number of carbonyl (C=O) groups is 1. The van der Waals surface area contributed by atoms with E-state index in [9.17, 15) is 9.18 Å². The lowest BCUT2D eigenvalue weighted by atomic mass is 9.96. The highest BCUT2D eigenvalue weighted by Crippen LogP contribution is 2.20. The number of hydrogen-bond donors (Lipinski definition) is 0. The Morgan fingerprint density at radius 3 is 2.90 bits per heavy atom. The smallest absolute Gasteiger partial charge is 0.292 e. The lowest BCUT2D eigenvalue weighted by Gasteiger charge is -2.35. The van der Waals surface area contributed by atoms with Crippen molar-refractivity contribution in [1.82, 2.24) is 15.0 Å². The number of piperidine rings is 1. The van der Waals surface area contributed by atoms with Gasteiger partial charge >= 0.3 is 0 Å². The predicted octanol–water partition coefficient (Wildman–Crippen LogP) is 4.35. The molecule has 0 aliphatic carbocycles. The van der Waals surface area contributed by atoms with Gasteiger partial charge in [0.15, 0.2) is 0 Å². The highest BCUT2D eigenvalue weighted by atomic mass is 19.1. The molecule has 0 N–H and O–H groups in total. The molecule has 0 bridgehead atoms. The molecule has 1 aliphatic heterocycles. The molecule has 158 valence electrons. The lowest BCUT2D eigenvalue weighted by molar-refractivity contribution is 0.0650. The molecule has 1 fully saturated rings. The van der Waals surface area contributed by atoms with Gasteiger partial charge in [0.05, 0.1) is 5.69 Å². The number of halogens is 1. The van der Waals surface area contributed by atoms with Crippen molar-refractivity contribution in [1.29, 1.82) is 0 Å². The van der Waals surface area contributed by atoms with Crippen LogP contribution in [0.4, 0.5) is 4.39 Å². The number of likely N-dealkylation sites (tertiary alicyclic amines) is 1. The van der Waals surface area contributed by atoms with Crippen molar-refractivity contribution < 1.29 is 13.7 Å². The van der Waals surface area contributed by atoms with Crippen LogP contribution in [0.3, 0.4) is 0 Å². The molecule has 29 heavy (non-hydrogen) atoms. The summed E-state index contributed by atoms with van der Waals surface area (Å²) in [5.74, 6) is 0.746. The molecule has 0 unspecified atom stereocenters. The average molecular weight is 402 g/mol. The monoisotopic (exact) mass is 401 g/mol. The van der Waals surface area contributed by atoms with E-state index < -0.39 is 0 Å². The molecule has 6 heteroatoms. The Kier molecular flexibility index (Phi) is 7.42. The Hall–Kier alpha value is -2.21. The molecule has 1 atom stereocenters. The first kappa shape index (κ1) is 21.5. The Labute approximate surface area is 172 Å². The quantitative estimate of drug-likeness (QED) is 0.660. The zero-order chi connectivity index (χ0) is 20.8. The van der Waals surface area contributed by atoms with Crippen molar-refractivity contribution in [2.45, 2.75) is 46.0 Å². The summed E-state index contributed by atoms with van der Waals surface area (Å²) in [7, 11) is 0. The molecule has 0 radical (unpaired) electrons. The van der Waals surface area contributed by atoms with Gasteiger partial charge in [0.25, 0.3) is 5.91 Å². The number of hydrogen-bond acceptors (Lipinski definition) is 4. The van der Waals surface area contributed by atoms with E-state index in [-0.39, 0.29) is 17.6 Å². The second-order valence-corrected chi connectivity index (χ2v) is 8.30. The number of nitrogens with zero attached hydrogens (tertiary/aromatic N) is 3. The Bertz CT molecular complexity index is 805. The first-order valence-electron chi connectivity index (χ1n) is 10.7. The average Bonchev–Trinajstić information content (AvgIpc) is 3.21. The van der Waals surface area contributed by atoms with E-state index in [1.165, 1.54) is 6.07 Å². The molecule has 1 amide bonds. The molecule has 1 aliphatic rings. The van der Waals surface area contributed by atoms with Crippen LogP contribution in [0.1, 0.15) is 61.3 Å². The van der Waals surface area contributed by atoms with Crippen molar-refractivity contribution in [3.8, 4) is 0 Å². The second kappa shape index (κ2) is 10.0.